The van der Waals surface area contributed by atoms with Gasteiger partial charge in [0.1, 0.15) is 17.1 Å². The molecule has 0 heterocycles. The molecular formula is C15H10Cl2N2O3S. The molecule has 23 heavy (non-hydrogen) atoms. The zero-order valence-electron chi connectivity index (χ0n) is 11.5. The van der Waals surface area contributed by atoms with Crippen LogP contribution < -0.4 is 4.72 Å². The van der Waals surface area contributed by atoms with Crippen LogP contribution in [-0.4, -0.2) is 14.7 Å². The molecule has 1 N–H and O–H groups in total. The van der Waals surface area contributed by atoms with Crippen LogP contribution in [0.2, 0.25) is 10.0 Å². The zero-order chi connectivity index (χ0) is 17.0. The van der Waals surface area contributed by atoms with Crippen molar-refractivity contribution in [1.82, 2.24) is 0 Å². The van der Waals surface area contributed by atoms with Gasteiger partial charge in [-0.05, 0) is 29.8 Å². The maximum absolute atomic E-state index is 12.3. The average Bonchev–Trinajstić information content (AvgIpc) is 2.52. The van der Waals surface area contributed by atoms with Gasteiger partial charge in [-0.15, -0.1) is 0 Å². The highest BCUT2D eigenvalue weighted by Crippen LogP contribution is 2.30. The second-order valence-corrected chi connectivity index (χ2v) is 6.96. The molecule has 8 heteroatoms. The van der Waals surface area contributed by atoms with E-state index < -0.39 is 15.9 Å². The summed E-state index contributed by atoms with van der Waals surface area (Å²) in [4.78, 5) is 10.6. The minimum atomic E-state index is -3.91. The van der Waals surface area contributed by atoms with Crippen molar-refractivity contribution in [2.24, 2.45) is 0 Å². The van der Waals surface area contributed by atoms with Crippen molar-refractivity contribution in [3.8, 4) is 6.07 Å². The first kappa shape index (κ1) is 17.3. The molecule has 0 aliphatic rings. The first-order valence-electron chi connectivity index (χ1n) is 6.30. The summed E-state index contributed by atoms with van der Waals surface area (Å²) in [5.41, 5.74) is 0.749. The number of benzene rings is 2. The maximum Gasteiger partial charge on any atom is 0.263 e. The topological polar surface area (TPSA) is 87.0 Å². The lowest BCUT2D eigenvalue weighted by atomic mass is 10.0. The van der Waals surface area contributed by atoms with E-state index in [0.29, 0.717) is 11.8 Å². The molecular weight excluding hydrogens is 359 g/mol. The van der Waals surface area contributed by atoms with E-state index in [9.17, 15) is 13.2 Å². The van der Waals surface area contributed by atoms with Crippen molar-refractivity contribution in [2.75, 3.05) is 4.72 Å². The van der Waals surface area contributed by atoms with Crippen molar-refractivity contribution in [3.05, 3.63) is 58.1 Å². The lowest BCUT2D eigenvalue weighted by Crippen LogP contribution is -2.13. The first-order chi connectivity index (χ1) is 10.9. The Hall–Kier alpha value is -2.07. The lowest BCUT2D eigenvalue weighted by Gasteiger charge is -2.11. The number of carbonyl (C=O) groups excluding carboxylic acids is 1. The first-order valence-corrected chi connectivity index (χ1v) is 8.54. The Morgan fingerprint density at radius 3 is 2.35 bits per heavy atom. The predicted molar refractivity (Wildman–Crippen MR) is 88.1 cm³/mol. The van der Waals surface area contributed by atoms with E-state index in [1.54, 1.807) is 0 Å². The Bertz CT molecular complexity index is 875. The third-order valence-electron chi connectivity index (χ3n) is 3.00. The Morgan fingerprint density at radius 1 is 1.13 bits per heavy atom. The number of hydrogen-bond acceptors (Lipinski definition) is 4. The molecule has 0 amide bonds. The molecule has 0 aliphatic heterocycles. The van der Waals surface area contributed by atoms with Crippen LogP contribution in [0.5, 0.6) is 0 Å². The molecule has 0 saturated heterocycles. The van der Waals surface area contributed by atoms with E-state index in [1.165, 1.54) is 42.5 Å². The number of hydrogen-bond donors (Lipinski definition) is 1. The van der Waals surface area contributed by atoms with Crippen LogP contribution in [0.4, 0.5) is 5.69 Å². The molecule has 2 aromatic carbocycles. The van der Waals surface area contributed by atoms with Crippen LogP contribution >= 0.6 is 23.2 Å². The lowest BCUT2D eigenvalue weighted by molar-refractivity contribution is -0.108. The quantitative estimate of drug-likeness (QED) is 0.816. The van der Waals surface area contributed by atoms with Gasteiger partial charge in [0, 0.05) is 5.69 Å². The molecule has 0 aliphatic carbocycles. The highest BCUT2D eigenvalue weighted by atomic mass is 35.5. The van der Waals surface area contributed by atoms with Crippen LogP contribution in [-0.2, 0) is 14.8 Å². The molecule has 1 atom stereocenters. The third kappa shape index (κ3) is 3.82. The molecule has 5 nitrogen and oxygen atoms in total. The number of halogens is 2. The van der Waals surface area contributed by atoms with Gasteiger partial charge in [-0.1, -0.05) is 41.4 Å². The minimum absolute atomic E-state index is 0.0659. The van der Waals surface area contributed by atoms with Gasteiger partial charge in [0.15, 0.2) is 0 Å². The Kier molecular flexibility index (Phi) is 5.26. The van der Waals surface area contributed by atoms with E-state index in [2.05, 4.69) is 4.72 Å². The molecule has 2 rings (SSSR count). The van der Waals surface area contributed by atoms with E-state index in [-0.39, 0.29) is 20.6 Å². The van der Waals surface area contributed by atoms with E-state index in [0.717, 1.165) is 0 Å². The standard InChI is InChI=1S/C15H10Cl2N2O3S/c16-13-2-1-3-14(15(13)17)23(21,22)19-12-6-4-10(5-7-12)11(8-18)9-20/h1-7,9,11,19H. The van der Waals surface area contributed by atoms with Gasteiger partial charge in [0.2, 0.25) is 0 Å². The predicted octanol–water partition coefficient (Wildman–Crippen LogP) is 3.60. The second-order valence-electron chi connectivity index (χ2n) is 4.52. The zero-order valence-corrected chi connectivity index (χ0v) is 13.9. The van der Waals surface area contributed by atoms with Crippen LogP contribution in [0.25, 0.3) is 0 Å². The summed E-state index contributed by atoms with van der Waals surface area (Å²) in [5, 5.41) is 8.89. The van der Waals surface area contributed by atoms with Gasteiger partial charge in [-0.2, -0.15) is 5.26 Å². The monoisotopic (exact) mass is 368 g/mol. The summed E-state index contributed by atoms with van der Waals surface area (Å²) in [6.07, 6.45) is 0.519. The van der Waals surface area contributed by atoms with Gasteiger partial charge in [0.25, 0.3) is 10.0 Å². The van der Waals surface area contributed by atoms with Gasteiger partial charge >= 0.3 is 0 Å². The summed E-state index contributed by atoms with van der Waals surface area (Å²) in [5.74, 6) is -0.886. The van der Waals surface area contributed by atoms with Crippen molar-refractivity contribution in [1.29, 1.82) is 5.26 Å². The van der Waals surface area contributed by atoms with Gasteiger partial charge in [-0.3, -0.25) is 4.72 Å². The number of aldehydes is 1. The fourth-order valence-electron chi connectivity index (χ4n) is 1.84. The fraction of sp³-hybridized carbons (Fsp3) is 0.0667. The van der Waals surface area contributed by atoms with Crippen LogP contribution in [0.15, 0.2) is 47.4 Å². The Balaban J connectivity index is 2.30. The summed E-state index contributed by atoms with van der Waals surface area (Å²) in [7, 11) is -3.91. The van der Waals surface area contributed by atoms with Crippen molar-refractivity contribution >= 4 is 45.2 Å². The van der Waals surface area contributed by atoms with Crippen LogP contribution in [0.3, 0.4) is 0 Å². The van der Waals surface area contributed by atoms with Crippen LogP contribution in [0, 0.1) is 11.3 Å². The van der Waals surface area contributed by atoms with Crippen LogP contribution in [0.1, 0.15) is 11.5 Å². The molecule has 0 saturated carbocycles. The summed E-state index contributed by atoms with van der Waals surface area (Å²) in [6.45, 7) is 0. The van der Waals surface area contributed by atoms with Crippen molar-refractivity contribution in [3.63, 3.8) is 0 Å². The van der Waals surface area contributed by atoms with Gasteiger partial charge in [-0.25, -0.2) is 8.42 Å². The second kappa shape index (κ2) is 7.01. The Labute approximate surface area is 143 Å². The molecule has 0 fully saturated rings. The van der Waals surface area contributed by atoms with Crippen molar-refractivity contribution in [2.45, 2.75) is 10.8 Å². The third-order valence-corrected chi connectivity index (χ3v) is 5.36. The fourth-order valence-corrected chi connectivity index (χ4v) is 3.66. The molecule has 0 spiro atoms. The van der Waals surface area contributed by atoms with E-state index in [4.69, 9.17) is 28.5 Å². The van der Waals surface area contributed by atoms with Gasteiger partial charge < -0.3 is 4.79 Å². The molecule has 1 unspecified atom stereocenters. The molecule has 118 valence electrons. The summed E-state index contributed by atoms with van der Waals surface area (Å²) in [6, 6.07) is 12.1. The smallest absolute Gasteiger partial charge is 0.263 e. The number of rotatable bonds is 5. The van der Waals surface area contributed by atoms with E-state index >= 15 is 0 Å². The summed E-state index contributed by atoms with van der Waals surface area (Å²) < 4.78 is 27.0. The average molecular weight is 369 g/mol. The SMILES string of the molecule is N#CC(C=O)c1ccc(NS(=O)(=O)c2cccc(Cl)c2Cl)cc1. The normalized spacial score (nSPS) is 12.2. The number of sulfonamides is 1. The maximum atomic E-state index is 12.3. The minimum Gasteiger partial charge on any atom is -0.302 e. The number of anilines is 1. The highest BCUT2D eigenvalue weighted by Gasteiger charge is 2.19. The van der Waals surface area contributed by atoms with E-state index in [1.807, 2.05) is 6.07 Å². The highest BCUT2D eigenvalue weighted by molar-refractivity contribution is 7.92. The number of nitriles is 1. The molecule has 0 aromatic heterocycles. The largest absolute Gasteiger partial charge is 0.302 e. The molecule has 0 bridgehead atoms. The Morgan fingerprint density at radius 2 is 1.78 bits per heavy atom. The summed E-state index contributed by atoms with van der Waals surface area (Å²) >= 11 is 11.7. The van der Waals surface area contributed by atoms with Gasteiger partial charge in [0.05, 0.1) is 16.1 Å². The number of carbonyl (C=O) groups is 1. The number of nitrogens with zero attached hydrogens (tertiary/aromatic N) is 1. The molecule has 0 radical (unpaired) electrons. The molecule has 2 aromatic rings. The van der Waals surface area contributed by atoms with Crippen molar-refractivity contribution < 1.29 is 13.2 Å². The number of nitrogens with one attached hydrogen (secondary N) is 1.